The lowest BCUT2D eigenvalue weighted by atomic mass is 9.94. The van der Waals surface area contributed by atoms with Gasteiger partial charge in [0, 0.05) is 19.1 Å². The van der Waals surface area contributed by atoms with Crippen molar-refractivity contribution >= 4 is 12.0 Å². The standard InChI is InChI=1S/C20H37N3O3/c1-20(2,3)26-19(25)23-15-8-12-17(23)18(24)21-13-9-14-22(4)16-10-6-5-7-11-16/h16-17H,5-15H2,1-4H3,(H,21,24). The van der Waals surface area contributed by atoms with E-state index in [-0.39, 0.29) is 18.0 Å². The van der Waals surface area contributed by atoms with E-state index in [1.807, 2.05) is 20.8 Å². The van der Waals surface area contributed by atoms with Gasteiger partial charge in [0.25, 0.3) is 0 Å². The van der Waals surface area contributed by atoms with Crippen LogP contribution in [0.1, 0.15) is 72.1 Å². The van der Waals surface area contributed by atoms with Gasteiger partial charge in [-0.2, -0.15) is 0 Å². The van der Waals surface area contributed by atoms with Crippen LogP contribution in [0.15, 0.2) is 0 Å². The number of carbonyl (C=O) groups is 2. The number of rotatable bonds is 6. The Morgan fingerprint density at radius 1 is 1.12 bits per heavy atom. The van der Waals surface area contributed by atoms with Crippen molar-refractivity contribution in [2.45, 2.75) is 89.8 Å². The molecule has 2 amide bonds. The van der Waals surface area contributed by atoms with Gasteiger partial charge in [0.15, 0.2) is 0 Å². The van der Waals surface area contributed by atoms with E-state index in [0.717, 1.165) is 19.4 Å². The number of ether oxygens (including phenoxy) is 1. The molecule has 2 fully saturated rings. The minimum atomic E-state index is -0.537. The molecule has 1 saturated carbocycles. The average molecular weight is 368 g/mol. The first-order valence-electron chi connectivity index (χ1n) is 10.3. The molecule has 6 heteroatoms. The molecule has 6 nitrogen and oxygen atoms in total. The summed E-state index contributed by atoms with van der Waals surface area (Å²) in [6.45, 7) is 7.80. The monoisotopic (exact) mass is 367 g/mol. The Morgan fingerprint density at radius 3 is 2.46 bits per heavy atom. The highest BCUT2D eigenvalue weighted by atomic mass is 16.6. The molecule has 1 aliphatic carbocycles. The first-order chi connectivity index (χ1) is 12.3. The Hall–Kier alpha value is -1.30. The third-order valence-corrected chi connectivity index (χ3v) is 5.37. The summed E-state index contributed by atoms with van der Waals surface area (Å²) in [4.78, 5) is 28.8. The van der Waals surface area contributed by atoms with Crippen molar-refractivity contribution in [1.82, 2.24) is 15.1 Å². The van der Waals surface area contributed by atoms with E-state index >= 15 is 0 Å². The van der Waals surface area contributed by atoms with Crippen molar-refractivity contribution in [3.8, 4) is 0 Å². The van der Waals surface area contributed by atoms with Gasteiger partial charge in [-0.1, -0.05) is 19.3 Å². The molecule has 1 atom stereocenters. The summed E-state index contributed by atoms with van der Waals surface area (Å²) in [5.74, 6) is -0.0475. The molecule has 0 spiro atoms. The van der Waals surface area contributed by atoms with Gasteiger partial charge in [-0.15, -0.1) is 0 Å². The van der Waals surface area contributed by atoms with Crippen LogP contribution in [0.4, 0.5) is 4.79 Å². The Balaban J connectivity index is 1.70. The zero-order chi connectivity index (χ0) is 19.2. The second kappa shape index (κ2) is 9.58. The fourth-order valence-electron chi connectivity index (χ4n) is 3.94. The summed E-state index contributed by atoms with van der Waals surface area (Å²) in [5, 5.41) is 3.02. The van der Waals surface area contributed by atoms with Crippen molar-refractivity contribution in [2.24, 2.45) is 0 Å². The highest BCUT2D eigenvalue weighted by molar-refractivity contribution is 5.86. The van der Waals surface area contributed by atoms with E-state index < -0.39 is 5.60 Å². The second-order valence-electron chi connectivity index (χ2n) is 8.75. The van der Waals surface area contributed by atoms with Gasteiger partial charge in [0.05, 0.1) is 0 Å². The minimum absolute atomic E-state index is 0.0475. The summed E-state index contributed by atoms with van der Waals surface area (Å²) >= 11 is 0. The highest BCUT2D eigenvalue weighted by Gasteiger charge is 2.36. The molecule has 1 heterocycles. The van der Waals surface area contributed by atoms with Crippen molar-refractivity contribution in [3.63, 3.8) is 0 Å². The molecule has 1 N–H and O–H groups in total. The van der Waals surface area contributed by atoms with Crippen LogP contribution in [0.5, 0.6) is 0 Å². The van der Waals surface area contributed by atoms with Crippen LogP contribution in [0.3, 0.4) is 0 Å². The lowest BCUT2D eigenvalue weighted by Gasteiger charge is -2.31. The predicted molar refractivity (Wildman–Crippen MR) is 103 cm³/mol. The van der Waals surface area contributed by atoms with Gasteiger partial charge >= 0.3 is 6.09 Å². The van der Waals surface area contributed by atoms with E-state index in [0.29, 0.717) is 25.6 Å². The Labute approximate surface area is 158 Å². The maximum absolute atomic E-state index is 12.5. The SMILES string of the molecule is CN(CCCNC(=O)C1CCCN1C(=O)OC(C)(C)C)C1CCCCC1. The van der Waals surface area contributed by atoms with E-state index in [1.54, 1.807) is 4.90 Å². The number of carbonyl (C=O) groups excluding carboxylic acids is 2. The van der Waals surface area contributed by atoms with Crippen LogP contribution < -0.4 is 5.32 Å². The van der Waals surface area contributed by atoms with E-state index in [9.17, 15) is 9.59 Å². The summed E-state index contributed by atoms with van der Waals surface area (Å²) < 4.78 is 5.43. The molecule has 0 aromatic rings. The number of likely N-dealkylation sites (tertiary alicyclic amines) is 1. The van der Waals surface area contributed by atoms with Crippen molar-refractivity contribution < 1.29 is 14.3 Å². The lowest BCUT2D eigenvalue weighted by molar-refractivity contribution is -0.125. The predicted octanol–water partition coefficient (Wildman–Crippen LogP) is 3.16. The molecule has 0 aromatic heterocycles. The summed E-state index contributed by atoms with van der Waals surface area (Å²) in [5.41, 5.74) is -0.537. The Bertz CT molecular complexity index is 469. The summed E-state index contributed by atoms with van der Waals surface area (Å²) in [6, 6.07) is 0.317. The fourth-order valence-corrected chi connectivity index (χ4v) is 3.94. The van der Waals surface area contributed by atoms with Crippen molar-refractivity contribution in [2.75, 3.05) is 26.7 Å². The maximum atomic E-state index is 12.5. The molecular formula is C20H37N3O3. The molecule has 26 heavy (non-hydrogen) atoms. The molecule has 1 unspecified atom stereocenters. The van der Waals surface area contributed by atoms with Gasteiger partial charge in [0.2, 0.25) is 5.91 Å². The minimum Gasteiger partial charge on any atom is -0.444 e. The van der Waals surface area contributed by atoms with Crippen molar-refractivity contribution in [3.05, 3.63) is 0 Å². The normalized spacial score (nSPS) is 21.9. The Morgan fingerprint density at radius 2 is 1.81 bits per heavy atom. The van der Waals surface area contributed by atoms with E-state index in [1.165, 1.54) is 32.1 Å². The fraction of sp³-hybridized carbons (Fsp3) is 0.900. The first kappa shape index (κ1) is 21.0. The quantitative estimate of drug-likeness (QED) is 0.733. The van der Waals surface area contributed by atoms with Gasteiger partial charge in [-0.25, -0.2) is 4.79 Å². The lowest BCUT2D eigenvalue weighted by Crippen LogP contribution is -2.48. The van der Waals surface area contributed by atoms with Crippen LogP contribution in [0.2, 0.25) is 0 Å². The molecule has 0 aromatic carbocycles. The molecule has 2 rings (SSSR count). The van der Waals surface area contributed by atoms with E-state index in [2.05, 4.69) is 17.3 Å². The largest absolute Gasteiger partial charge is 0.444 e. The molecule has 2 aliphatic rings. The number of nitrogens with zero attached hydrogens (tertiary/aromatic N) is 2. The van der Waals surface area contributed by atoms with E-state index in [4.69, 9.17) is 4.74 Å². The smallest absolute Gasteiger partial charge is 0.410 e. The van der Waals surface area contributed by atoms with Crippen LogP contribution in [0, 0.1) is 0 Å². The number of hydrogen-bond donors (Lipinski definition) is 1. The van der Waals surface area contributed by atoms with Crippen molar-refractivity contribution in [1.29, 1.82) is 0 Å². The van der Waals surface area contributed by atoms with Gasteiger partial charge in [-0.3, -0.25) is 9.69 Å². The van der Waals surface area contributed by atoms with Crippen LogP contribution in [-0.4, -0.2) is 66.2 Å². The molecule has 0 radical (unpaired) electrons. The molecule has 1 saturated heterocycles. The second-order valence-corrected chi connectivity index (χ2v) is 8.75. The third-order valence-electron chi connectivity index (χ3n) is 5.37. The summed E-state index contributed by atoms with van der Waals surface area (Å²) in [6.07, 6.45) is 8.78. The molecule has 1 aliphatic heterocycles. The highest BCUT2D eigenvalue weighted by Crippen LogP contribution is 2.22. The maximum Gasteiger partial charge on any atom is 0.410 e. The number of nitrogens with one attached hydrogen (secondary N) is 1. The van der Waals surface area contributed by atoms with Crippen LogP contribution in [-0.2, 0) is 9.53 Å². The first-order valence-corrected chi connectivity index (χ1v) is 10.3. The number of amides is 2. The van der Waals surface area contributed by atoms with Gasteiger partial charge < -0.3 is 15.0 Å². The topological polar surface area (TPSA) is 61.9 Å². The van der Waals surface area contributed by atoms with Gasteiger partial charge in [0.1, 0.15) is 11.6 Å². The molecular weight excluding hydrogens is 330 g/mol. The number of hydrogen-bond acceptors (Lipinski definition) is 4. The van der Waals surface area contributed by atoms with Crippen LogP contribution in [0.25, 0.3) is 0 Å². The third kappa shape index (κ3) is 6.45. The molecule has 0 bridgehead atoms. The zero-order valence-electron chi connectivity index (χ0n) is 17.1. The zero-order valence-corrected chi connectivity index (χ0v) is 17.1. The summed E-state index contributed by atoms with van der Waals surface area (Å²) in [7, 11) is 2.19. The molecule has 150 valence electrons. The van der Waals surface area contributed by atoms with Gasteiger partial charge in [-0.05, 0) is 66.5 Å². The Kier molecular flexibility index (Phi) is 7.74. The van der Waals surface area contributed by atoms with Crippen LogP contribution >= 0.6 is 0 Å². The average Bonchev–Trinajstić information content (AvgIpc) is 3.07.